The molecule has 0 fully saturated rings. The van der Waals surface area contributed by atoms with Crippen LogP contribution < -0.4 is 20.1 Å². The van der Waals surface area contributed by atoms with Crippen LogP contribution in [0.3, 0.4) is 0 Å². The summed E-state index contributed by atoms with van der Waals surface area (Å²) in [5, 5.41) is 5.53. The lowest BCUT2D eigenvalue weighted by atomic mass is 10.2. The third-order valence-corrected chi connectivity index (χ3v) is 3.67. The summed E-state index contributed by atoms with van der Waals surface area (Å²) in [4.78, 5) is 12.1. The molecule has 2 N–H and O–H groups in total. The summed E-state index contributed by atoms with van der Waals surface area (Å²) >= 11 is 3.42. The molecule has 2 aromatic carbocycles. The lowest BCUT2D eigenvalue weighted by Gasteiger charge is -2.12. The molecule has 0 aliphatic carbocycles. The molecule has 0 bridgehead atoms. The number of methoxy groups -OCH3 is 2. The van der Waals surface area contributed by atoms with E-state index in [0.717, 1.165) is 10.0 Å². The fourth-order valence-electron chi connectivity index (χ4n) is 1.92. The van der Waals surface area contributed by atoms with Gasteiger partial charge in [0.25, 0.3) is 0 Å². The van der Waals surface area contributed by atoms with E-state index in [1.165, 1.54) is 0 Å². The number of rotatable bonds is 4. The zero-order valence-electron chi connectivity index (χ0n) is 12.6. The van der Waals surface area contributed by atoms with Crippen molar-refractivity contribution in [2.45, 2.75) is 6.92 Å². The second-order valence-corrected chi connectivity index (χ2v) is 5.49. The molecule has 2 amide bonds. The normalized spacial score (nSPS) is 10.0. The molecular formula is C16H17BrN2O3. The zero-order valence-corrected chi connectivity index (χ0v) is 14.2. The minimum atomic E-state index is -0.336. The summed E-state index contributed by atoms with van der Waals surface area (Å²) in [5.41, 5.74) is 2.42. The van der Waals surface area contributed by atoms with Gasteiger partial charge in [-0.05, 0) is 52.7 Å². The van der Waals surface area contributed by atoms with Crippen LogP contribution in [0.4, 0.5) is 16.2 Å². The summed E-state index contributed by atoms with van der Waals surface area (Å²) in [6.07, 6.45) is 0. The minimum absolute atomic E-state index is 0.336. The molecular weight excluding hydrogens is 348 g/mol. The molecule has 0 heterocycles. The van der Waals surface area contributed by atoms with Gasteiger partial charge in [-0.2, -0.15) is 0 Å². The molecule has 116 valence electrons. The van der Waals surface area contributed by atoms with Gasteiger partial charge in [0.2, 0.25) is 0 Å². The van der Waals surface area contributed by atoms with Crippen molar-refractivity contribution in [2.75, 3.05) is 24.9 Å². The number of aryl methyl sites for hydroxylation is 1. The predicted molar refractivity (Wildman–Crippen MR) is 91.1 cm³/mol. The first-order chi connectivity index (χ1) is 10.5. The molecule has 0 saturated heterocycles. The van der Waals surface area contributed by atoms with Crippen LogP contribution >= 0.6 is 15.9 Å². The van der Waals surface area contributed by atoms with Crippen molar-refractivity contribution in [3.05, 3.63) is 46.4 Å². The number of ether oxygens (including phenoxy) is 2. The lowest BCUT2D eigenvalue weighted by molar-refractivity contribution is 0.262. The van der Waals surface area contributed by atoms with Gasteiger partial charge in [0, 0.05) is 16.2 Å². The molecule has 5 nitrogen and oxygen atoms in total. The van der Waals surface area contributed by atoms with Crippen LogP contribution in [0.25, 0.3) is 0 Å². The van der Waals surface area contributed by atoms with Crippen LogP contribution in [0.15, 0.2) is 40.9 Å². The van der Waals surface area contributed by atoms with E-state index in [1.54, 1.807) is 32.4 Å². The number of nitrogens with one attached hydrogen (secondary N) is 2. The monoisotopic (exact) mass is 364 g/mol. The van der Waals surface area contributed by atoms with Crippen molar-refractivity contribution < 1.29 is 14.3 Å². The fraction of sp³-hybridized carbons (Fsp3) is 0.188. The Morgan fingerprint density at radius 2 is 1.73 bits per heavy atom. The van der Waals surface area contributed by atoms with E-state index in [2.05, 4.69) is 26.6 Å². The third kappa shape index (κ3) is 3.92. The zero-order chi connectivity index (χ0) is 16.1. The number of halogens is 1. The standard InChI is InChI=1S/C16H17BrN2O3/c1-10-4-6-13(12(17)8-10)19-16(20)18-11-5-7-14(21-2)15(9-11)22-3/h4-9H,1-3H3,(H2,18,19,20). The molecule has 0 atom stereocenters. The Hall–Kier alpha value is -2.21. The minimum Gasteiger partial charge on any atom is -0.493 e. The number of hydrogen-bond donors (Lipinski definition) is 2. The van der Waals surface area contributed by atoms with E-state index in [0.29, 0.717) is 22.9 Å². The molecule has 0 aliphatic rings. The van der Waals surface area contributed by atoms with Gasteiger partial charge in [0.05, 0.1) is 19.9 Å². The van der Waals surface area contributed by atoms with Gasteiger partial charge in [0.1, 0.15) is 0 Å². The summed E-state index contributed by atoms with van der Waals surface area (Å²) in [6.45, 7) is 1.98. The highest BCUT2D eigenvalue weighted by atomic mass is 79.9. The van der Waals surface area contributed by atoms with Gasteiger partial charge in [-0.25, -0.2) is 4.79 Å². The number of carbonyl (C=O) groups excluding carboxylic acids is 1. The Labute approximate surface area is 137 Å². The molecule has 0 unspecified atom stereocenters. The molecule has 6 heteroatoms. The van der Waals surface area contributed by atoms with E-state index < -0.39 is 0 Å². The maximum Gasteiger partial charge on any atom is 0.323 e. The van der Waals surface area contributed by atoms with Gasteiger partial charge < -0.3 is 20.1 Å². The van der Waals surface area contributed by atoms with Crippen molar-refractivity contribution in [1.82, 2.24) is 0 Å². The molecule has 0 aromatic heterocycles. The summed E-state index contributed by atoms with van der Waals surface area (Å²) < 4.78 is 11.2. The smallest absolute Gasteiger partial charge is 0.323 e. The molecule has 2 rings (SSSR count). The molecule has 2 aromatic rings. The van der Waals surface area contributed by atoms with E-state index in [-0.39, 0.29) is 6.03 Å². The first kappa shape index (κ1) is 16.2. The predicted octanol–water partition coefficient (Wildman–Crippen LogP) is 4.42. The number of hydrogen-bond acceptors (Lipinski definition) is 3. The maximum absolute atomic E-state index is 12.1. The van der Waals surface area contributed by atoms with Crippen molar-refractivity contribution in [3.63, 3.8) is 0 Å². The number of benzene rings is 2. The molecule has 0 saturated carbocycles. The number of urea groups is 1. The summed E-state index contributed by atoms with van der Waals surface area (Å²) in [7, 11) is 3.11. The second kappa shape index (κ2) is 7.17. The van der Waals surface area contributed by atoms with Crippen molar-refractivity contribution in [1.29, 1.82) is 0 Å². The van der Waals surface area contributed by atoms with Gasteiger partial charge >= 0.3 is 6.03 Å². The topological polar surface area (TPSA) is 59.6 Å². The highest BCUT2D eigenvalue weighted by Crippen LogP contribution is 2.30. The quantitative estimate of drug-likeness (QED) is 0.843. The first-order valence-electron chi connectivity index (χ1n) is 6.59. The van der Waals surface area contributed by atoms with Crippen LogP contribution in [0.2, 0.25) is 0 Å². The Kier molecular flexibility index (Phi) is 5.27. The van der Waals surface area contributed by atoms with E-state index in [1.807, 2.05) is 25.1 Å². The van der Waals surface area contributed by atoms with Gasteiger partial charge in [-0.1, -0.05) is 6.07 Å². The van der Waals surface area contributed by atoms with Gasteiger partial charge in [0.15, 0.2) is 11.5 Å². The van der Waals surface area contributed by atoms with E-state index in [9.17, 15) is 4.79 Å². The lowest BCUT2D eigenvalue weighted by Crippen LogP contribution is -2.19. The average Bonchev–Trinajstić information content (AvgIpc) is 2.50. The SMILES string of the molecule is COc1ccc(NC(=O)Nc2ccc(C)cc2Br)cc1OC. The van der Waals surface area contributed by atoms with Crippen LogP contribution in [0, 0.1) is 6.92 Å². The average molecular weight is 365 g/mol. The molecule has 0 aliphatic heterocycles. The van der Waals surface area contributed by atoms with Crippen LogP contribution in [-0.2, 0) is 0 Å². The van der Waals surface area contributed by atoms with Crippen LogP contribution in [0.1, 0.15) is 5.56 Å². The highest BCUT2D eigenvalue weighted by molar-refractivity contribution is 9.10. The second-order valence-electron chi connectivity index (χ2n) is 4.63. The van der Waals surface area contributed by atoms with Gasteiger partial charge in [-0.15, -0.1) is 0 Å². The van der Waals surface area contributed by atoms with Crippen LogP contribution in [-0.4, -0.2) is 20.3 Å². The number of carbonyl (C=O) groups is 1. The van der Waals surface area contributed by atoms with Gasteiger partial charge in [-0.3, -0.25) is 0 Å². The van der Waals surface area contributed by atoms with Crippen LogP contribution in [0.5, 0.6) is 11.5 Å². The van der Waals surface area contributed by atoms with Crippen molar-refractivity contribution in [3.8, 4) is 11.5 Å². The maximum atomic E-state index is 12.1. The van der Waals surface area contributed by atoms with E-state index >= 15 is 0 Å². The third-order valence-electron chi connectivity index (χ3n) is 3.01. The highest BCUT2D eigenvalue weighted by Gasteiger charge is 2.09. The molecule has 0 radical (unpaired) electrons. The van der Waals surface area contributed by atoms with Crippen molar-refractivity contribution in [2.24, 2.45) is 0 Å². The number of amides is 2. The molecule has 0 spiro atoms. The Morgan fingerprint density at radius 1 is 1.00 bits per heavy atom. The van der Waals surface area contributed by atoms with E-state index in [4.69, 9.17) is 9.47 Å². The summed E-state index contributed by atoms with van der Waals surface area (Å²) in [5.74, 6) is 1.16. The fourth-order valence-corrected chi connectivity index (χ4v) is 2.51. The Balaban J connectivity index is 2.08. The Morgan fingerprint density at radius 3 is 2.36 bits per heavy atom. The number of anilines is 2. The first-order valence-corrected chi connectivity index (χ1v) is 7.39. The Bertz CT molecular complexity index is 689. The van der Waals surface area contributed by atoms with Crippen molar-refractivity contribution >= 4 is 33.3 Å². The largest absolute Gasteiger partial charge is 0.493 e. The molecule has 22 heavy (non-hydrogen) atoms. The summed E-state index contributed by atoms with van der Waals surface area (Å²) in [6, 6.07) is 10.5.